The van der Waals surface area contributed by atoms with Crippen LogP contribution in [0.1, 0.15) is 31.5 Å². The van der Waals surface area contributed by atoms with Gasteiger partial charge in [-0.25, -0.2) is 4.98 Å². The maximum Gasteiger partial charge on any atom is 0.0712 e. The average molecular weight is 249 g/mol. The highest BCUT2D eigenvalue weighted by Crippen LogP contribution is 2.28. The van der Waals surface area contributed by atoms with Crippen molar-refractivity contribution in [2.24, 2.45) is 5.92 Å². The number of allylic oxidation sites excluding steroid dienone is 4. The first kappa shape index (κ1) is 12.2. The molecule has 0 fully saturated rings. The Morgan fingerprint density at radius 1 is 1.11 bits per heavy atom. The maximum absolute atomic E-state index is 4.82. The van der Waals surface area contributed by atoms with Gasteiger partial charge in [-0.05, 0) is 49.5 Å². The Labute approximate surface area is 114 Å². The molecule has 96 valence electrons. The third-order valence-electron chi connectivity index (χ3n) is 3.76. The normalized spacial score (nSPS) is 19.2. The van der Waals surface area contributed by atoms with Crippen LogP contribution in [0.15, 0.2) is 48.1 Å². The Bertz CT molecular complexity index is 692. The van der Waals surface area contributed by atoms with Gasteiger partial charge in [-0.15, -0.1) is 0 Å². The molecule has 0 bridgehead atoms. The van der Waals surface area contributed by atoms with E-state index in [1.807, 2.05) is 0 Å². The minimum Gasteiger partial charge on any atom is -0.248 e. The summed E-state index contributed by atoms with van der Waals surface area (Å²) in [5.74, 6) is 0.606. The van der Waals surface area contributed by atoms with Gasteiger partial charge < -0.3 is 0 Å². The molecule has 1 nitrogen and oxygen atoms in total. The first-order valence-electron chi connectivity index (χ1n) is 6.89. The number of benzene rings is 1. The van der Waals surface area contributed by atoms with E-state index in [4.69, 9.17) is 4.98 Å². The van der Waals surface area contributed by atoms with Gasteiger partial charge in [0.15, 0.2) is 0 Å². The molecule has 1 aromatic carbocycles. The van der Waals surface area contributed by atoms with Gasteiger partial charge in [0.1, 0.15) is 0 Å². The van der Waals surface area contributed by atoms with Crippen LogP contribution in [-0.4, -0.2) is 4.98 Å². The van der Waals surface area contributed by atoms with Crippen molar-refractivity contribution in [2.45, 2.75) is 27.2 Å². The highest BCUT2D eigenvalue weighted by Gasteiger charge is 2.11. The molecule has 1 heterocycles. The van der Waals surface area contributed by atoms with Crippen molar-refractivity contribution >= 4 is 16.5 Å². The van der Waals surface area contributed by atoms with E-state index < -0.39 is 0 Å². The summed E-state index contributed by atoms with van der Waals surface area (Å²) in [6.07, 6.45) is 5.76. The van der Waals surface area contributed by atoms with Gasteiger partial charge in [0.05, 0.1) is 11.2 Å². The molecular weight excluding hydrogens is 230 g/mol. The zero-order valence-corrected chi connectivity index (χ0v) is 11.8. The standard InChI is InChI=1S/C18H19N/c1-12-9-13(2)11-15(10-12)17-8-7-16-14(3)5-4-6-18(16)19-17/h4-8,10-12H,9H2,1-3H3. The molecule has 0 saturated carbocycles. The third-order valence-corrected chi connectivity index (χ3v) is 3.76. The minimum atomic E-state index is 0.606. The van der Waals surface area contributed by atoms with Crippen LogP contribution in [-0.2, 0) is 0 Å². The lowest BCUT2D eigenvalue weighted by Gasteiger charge is -2.16. The molecule has 1 unspecified atom stereocenters. The second-order valence-corrected chi connectivity index (χ2v) is 5.63. The lowest BCUT2D eigenvalue weighted by atomic mass is 9.91. The van der Waals surface area contributed by atoms with E-state index in [0.29, 0.717) is 5.92 Å². The third kappa shape index (κ3) is 2.33. The van der Waals surface area contributed by atoms with Crippen LogP contribution in [0.3, 0.4) is 0 Å². The maximum atomic E-state index is 4.82. The number of nitrogens with zero attached hydrogens (tertiary/aromatic N) is 1. The SMILES string of the molecule is CC1=CC(c2ccc3c(C)cccc3n2)=CC(C)C1. The van der Waals surface area contributed by atoms with Crippen LogP contribution in [0.4, 0.5) is 0 Å². The summed E-state index contributed by atoms with van der Waals surface area (Å²) < 4.78 is 0. The van der Waals surface area contributed by atoms with E-state index in [1.165, 1.54) is 22.1 Å². The molecule has 1 aromatic heterocycles. The summed E-state index contributed by atoms with van der Waals surface area (Å²) >= 11 is 0. The van der Waals surface area contributed by atoms with Crippen LogP contribution >= 0.6 is 0 Å². The number of fused-ring (bicyclic) bond motifs is 1. The predicted octanol–water partition coefficient (Wildman–Crippen LogP) is 4.91. The molecule has 2 aromatic rings. The summed E-state index contributed by atoms with van der Waals surface area (Å²) in [4.78, 5) is 4.82. The molecular formula is C18H19N. The van der Waals surface area contributed by atoms with Gasteiger partial charge in [-0.3, -0.25) is 0 Å². The van der Waals surface area contributed by atoms with Crippen molar-refractivity contribution in [1.29, 1.82) is 0 Å². The van der Waals surface area contributed by atoms with E-state index in [2.05, 4.69) is 63.3 Å². The van der Waals surface area contributed by atoms with Crippen LogP contribution in [0, 0.1) is 12.8 Å². The van der Waals surface area contributed by atoms with E-state index in [-0.39, 0.29) is 0 Å². The molecule has 1 heteroatoms. The van der Waals surface area contributed by atoms with Crippen molar-refractivity contribution in [1.82, 2.24) is 4.98 Å². The number of aryl methyl sites for hydroxylation is 1. The predicted molar refractivity (Wildman–Crippen MR) is 82.0 cm³/mol. The molecule has 0 spiro atoms. The zero-order chi connectivity index (χ0) is 13.4. The van der Waals surface area contributed by atoms with Crippen LogP contribution in [0.2, 0.25) is 0 Å². The fourth-order valence-electron chi connectivity index (χ4n) is 2.87. The van der Waals surface area contributed by atoms with Gasteiger partial charge in [-0.1, -0.05) is 42.8 Å². The molecule has 19 heavy (non-hydrogen) atoms. The lowest BCUT2D eigenvalue weighted by molar-refractivity contribution is 0.710. The van der Waals surface area contributed by atoms with E-state index in [1.54, 1.807) is 0 Å². The Morgan fingerprint density at radius 2 is 1.95 bits per heavy atom. The molecule has 0 radical (unpaired) electrons. The molecule has 0 aliphatic heterocycles. The van der Waals surface area contributed by atoms with E-state index in [0.717, 1.165) is 17.6 Å². The minimum absolute atomic E-state index is 0.606. The molecule has 1 atom stereocenters. The molecule has 1 aliphatic rings. The summed E-state index contributed by atoms with van der Waals surface area (Å²) in [5.41, 5.74) is 6.16. The summed E-state index contributed by atoms with van der Waals surface area (Å²) in [7, 11) is 0. The Morgan fingerprint density at radius 3 is 2.74 bits per heavy atom. The largest absolute Gasteiger partial charge is 0.248 e. The van der Waals surface area contributed by atoms with Crippen LogP contribution < -0.4 is 0 Å². The second kappa shape index (κ2) is 4.65. The Balaban J connectivity index is 2.12. The lowest BCUT2D eigenvalue weighted by Crippen LogP contribution is -2.00. The summed E-state index contributed by atoms with van der Waals surface area (Å²) in [5, 5.41) is 1.25. The number of aromatic nitrogens is 1. The fraction of sp³-hybridized carbons (Fsp3) is 0.278. The topological polar surface area (TPSA) is 12.9 Å². The van der Waals surface area contributed by atoms with Crippen LogP contribution in [0.5, 0.6) is 0 Å². The van der Waals surface area contributed by atoms with E-state index in [9.17, 15) is 0 Å². The van der Waals surface area contributed by atoms with Gasteiger partial charge in [-0.2, -0.15) is 0 Å². The number of pyridine rings is 1. The summed E-state index contributed by atoms with van der Waals surface area (Å²) in [6, 6.07) is 10.6. The Hall–Kier alpha value is -1.89. The molecule has 0 saturated heterocycles. The number of rotatable bonds is 1. The molecule has 0 N–H and O–H groups in total. The quantitative estimate of drug-likeness (QED) is 0.699. The van der Waals surface area contributed by atoms with Crippen molar-refractivity contribution in [3.63, 3.8) is 0 Å². The van der Waals surface area contributed by atoms with Gasteiger partial charge >= 0.3 is 0 Å². The monoisotopic (exact) mass is 249 g/mol. The Kier molecular flexibility index (Phi) is 2.98. The summed E-state index contributed by atoms with van der Waals surface area (Å²) in [6.45, 7) is 6.60. The molecule has 0 amide bonds. The molecule has 1 aliphatic carbocycles. The van der Waals surface area contributed by atoms with Crippen LogP contribution in [0.25, 0.3) is 16.5 Å². The second-order valence-electron chi connectivity index (χ2n) is 5.63. The first-order valence-corrected chi connectivity index (χ1v) is 6.89. The molecule has 3 rings (SSSR count). The fourth-order valence-corrected chi connectivity index (χ4v) is 2.87. The number of hydrogen-bond donors (Lipinski definition) is 0. The van der Waals surface area contributed by atoms with Crippen molar-refractivity contribution in [3.05, 3.63) is 59.3 Å². The van der Waals surface area contributed by atoms with Crippen molar-refractivity contribution < 1.29 is 0 Å². The first-order chi connectivity index (χ1) is 9.13. The number of hydrogen-bond acceptors (Lipinski definition) is 1. The average Bonchev–Trinajstić information content (AvgIpc) is 2.37. The van der Waals surface area contributed by atoms with Crippen molar-refractivity contribution in [2.75, 3.05) is 0 Å². The van der Waals surface area contributed by atoms with Crippen molar-refractivity contribution in [3.8, 4) is 0 Å². The van der Waals surface area contributed by atoms with E-state index >= 15 is 0 Å². The zero-order valence-electron chi connectivity index (χ0n) is 11.8. The smallest absolute Gasteiger partial charge is 0.0712 e. The van der Waals surface area contributed by atoms with Gasteiger partial charge in [0.2, 0.25) is 0 Å². The highest BCUT2D eigenvalue weighted by molar-refractivity contribution is 5.85. The van der Waals surface area contributed by atoms with Gasteiger partial charge in [0.25, 0.3) is 0 Å². The highest BCUT2D eigenvalue weighted by atomic mass is 14.7. The van der Waals surface area contributed by atoms with Gasteiger partial charge in [0, 0.05) is 5.39 Å².